The van der Waals surface area contributed by atoms with Crippen LogP contribution in [0.25, 0.3) is 10.2 Å². The lowest BCUT2D eigenvalue weighted by Gasteiger charge is -2.24. The summed E-state index contributed by atoms with van der Waals surface area (Å²) in [6.45, 7) is 6.26. The van der Waals surface area contributed by atoms with Gasteiger partial charge in [0.2, 0.25) is 0 Å². The number of hydrogen-bond acceptors (Lipinski definition) is 5. The van der Waals surface area contributed by atoms with E-state index in [0.29, 0.717) is 23.5 Å². The molecule has 0 fully saturated rings. The van der Waals surface area contributed by atoms with Gasteiger partial charge in [0.25, 0.3) is 5.91 Å². The van der Waals surface area contributed by atoms with Crippen LogP contribution in [0.5, 0.6) is 5.75 Å². The fourth-order valence-electron chi connectivity index (χ4n) is 2.92. The highest BCUT2D eigenvalue weighted by atomic mass is 32.1. The maximum absolute atomic E-state index is 14.1. The number of carbonyl (C=O) groups excluding carboxylic acids is 1. The van der Waals surface area contributed by atoms with E-state index >= 15 is 0 Å². The number of thiazole rings is 1. The third-order valence-corrected chi connectivity index (χ3v) is 5.67. The summed E-state index contributed by atoms with van der Waals surface area (Å²) in [5.41, 5.74) is 0.0245. The minimum Gasteiger partial charge on any atom is -0.484 e. The van der Waals surface area contributed by atoms with Crippen LogP contribution < -0.4 is 9.64 Å². The van der Waals surface area contributed by atoms with E-state index in [-0.39, 0.29) is 23.2 Å². The summed E-state index contributed by atoms with van der Waals surface area (Å²) >= 11 is 1.04. The third kappa shape index (κ3) is 5.28. The second kappa shape index (κ2) is 9.90. The predicted octanol–water partition coefficient (Wildman–Crippen LogP) is 4.47. The van der Waals surface area contributed by atoms with Crippen LogP contribution in [0, 0.1) is 17.5 Å². The van der Waals surface area contributed by atoms with Crippen molar-refractivity contribution in [1.82, 2.24) is 9.88 Å². The van der Waals surface area contributed by atoms with E-state index in [9.17, 15) is 18.0 Å². The van der Waals surface area contributed by atoms with Crippen molar-refractivity contribution in [2.75, 3.05) is 37.7 Å². The summed E-state index contributed by atoms with van der Waals surface area (Å²) in [5, 5.41) is 0.273. The largest absolute Gasteiger partial charge is 0.484 e. The van der Waals surface area contributed by atoms with E-state index in [1.54, 1.807) is 0 Å². The van der Waals surface area contributed by atoms with Gasteiger partial charge in [-0.2, -0.15) is 0 Å². The number of ether oxygens (including phenoxy) is 1. The lowest BCUT2D eigenvalue weighted by molar-refractivity contribution is -0.120. The van der Waals surface area contributed by atoms with Crippen LogP contribution in [0.3, 0.4) is 0 Å². The van der Waals surface area contributed by atoms with Crippen LogP contribution >= 0.6 is 11.3 Å². The number of likely N-dealkylation sites (N-methyl/N-ethyl adjacent to an activating group) is 1. The van der Waals surface area contributed by atoms with Gasteiger partial charge in [-0.25, -0.2) is 18.2 Å². The average Bonchev–Trinajstić information content (AvgIpc) is 3.14. The van der Waals surface area contributed by atoms with E-state index in [2.05, 4.69) is 9.88 Å². The van der Waals surface area contributed by atoms with Crippen LogP contribution in [0.1, 0.15) is 13.8 Å². The van der Waals surface area contributed by atoms with Crippen LogP contribution in [-0.2, 0) is 4.79 Å². The molecule has 0 aliphatic heterocycles. The van der Waals surface area contributed by atoms with Crippen molar-refractivity contribution in [3.8, 4) is 5.75 Å². The molecule has 0 aliphatic carbocycles. The zero-order valence-electron chi connectivity index (χ0n) is 16.7. The van der Waals surface area contributed by atoms with E-state index in [4.69, 9.17) is 4.74 Å². The van der Waals surface area contributed by atoms with Crippen molar-refractivity contribution in [3.05, 3.63) is 53.8 Å². The highest BCUT2D eigenvalue weighted by Crippen LogP contribution is 2.31. The molecule has 2 aromatic carbocycles. The normalized spacial score (nSPS) is 11.3. The number of anilines is 1. The summed E-state index contributed by atoms with van der Waals surface area (Å²) in [7, 11) is 0. The zero-order chi connectivity index (χ0) is 21.7. The predicted molar refractivity (Wildman–Crippen MR) is 112 cm³/mol. The van der Waals surface area contributed by atoms with Gasteiger partial charge in [-0.05, 0) is 43.4 Å². The molecule has 0 aliphatic rings. The maximum Gasteiger partial charge on any atom is 0.266 e. The van der Waals surface area contributed by atoms with Crippen molar-refractivity contribution < 1.29 is 22.7 Å². The van der Waals surface area contributed by atoms with Crippen molar-refractivity contribution in [2.45, 2.75) is 13.8 Å². The Morgan fingerprint density at radius 3 is 2.40 bits per heavy atom. The van der Waals surface area contributed by atoms with Gasteiger partial charge in [0.05, 0.1) is 4.70 Å². The number of aromatic nitrogens is 1. The molecule has 0 spiro atoms. The summed E-state index contributed by atoms with van der Waals surface area (Å²) in [6.07, 6.45) is 0. The topological polar surface area (TPSA) is 45.7 Å². The lowest BCUT2D eigenvalue weighted by atomic mass is 10.3. The fraction of sp³-hybridized carbons (Fsp3) is 0.333. The molecule has 0 N–H and O–H groups in total. The summed E-state index contributed by atoms with van der Waals surface area (Å²) in [4.78, 5) is 20.7. The molecule has 0 saturated heterocycles. The Morgan fingerprint density at radius 1 is 1.03 bits per heavy atom. The molecule has 1 heterocycles. The van der Waals surface area contributed by atoms with Crippen LogP contribution in [0.2, 0.25) is 0 Å². The minimum atomic E-state index is -0.772. The lowest BCUT2D eigenvalue weighted by Crippen LogP contribution is -2.41. The Morgan fingerprint density at radius 2 is 1.73 bits per heavy atom. The molecule has 1 amide bonds. The van der Waals surface area contributed by atoms with Gasteiger partial charge in [0.1, 0.15) is 22.9 Å². The zero-order valence-corrected chi connectivity index (χ0v) is 17.5. The monoisotopic (exact) mass is 437 g/mol. The van der Waals surface area contributed by atoms with Gasteiger partial charge < -0.3 is 9.64 Å². The molecule has 0 saturated carbocycles. The van der Waals surface area contributed by atoms with Crippen molar-refractivity contribution in [2.24, 2.45) is 0 Å². The standard InChI is InChI=1S/C21H22F3N3O2S/c1-3-26(4-2)9-10-27(19(28)13-29-16-7-5-14(22)6-8-16)21-25-20-17(24)11-15(23)12-18(20)30-21/h5-8,11-12H,3-4,9-10,13H2,1-2H3. The van der Waals surface area contributed by atoms with Crippen LogP contribution in [-0.4, -0.2) is 48.6 Å². The first-order valence-corrected chi connectivity index (χ1v) is 10.4. The first-order chi connectivity index (χ1) is 14.4. The first kappa shape index (κ1) is 22.0. The van der Waals surface area contributed by atoms with Gasteiger partial charge in [0.15, 0.2) is 17.6 Å². The number of hydrogen-bond donors (Lipinski definition) is 0. The number of benzene rings is 2. The average molecular weight is 437 g/mol. The Kier molecular flexibility index (Phi) is 7.28. The SMILES string of the molecule is CCN(CC)CCN(C(=O)COc1ccc(F)cc1)c1nc2c(F)cc(F)cc2s1. The molecule has 3 rings (SSSR count). The van der Waals surface area contributed by atoms with Crippen molar-refractivity contribution in [3.63, 3.8) is 0 Å². The number of amides is 1. The molecule has 5 nitrogen and oxygen atoms in total. The van der Waals surface area contributed by atoms with Gasteiger partial charge in [-0.3, -0.25) is 9.69 Å². The molecular formula is C21H22F3N3O2S. The van der Waals surface area contributed by atoms with E-state index in [1.165, 1.54) is 35.2 Å². The molecule has 1 aromatic heterocycles. The molecule has 0 radical (unpaired) electrons. The first-order valence-electron chi connectivity index (χ1n) is 9.58. The van der Waals surface area contributed by atoms with Gasteiger partial charge in [-0.15, -0.1) is 0 Å². The highest BCUT2D eigenvalue weighted by Gasteiger charge is 2.22. The Bertz CT molecular complexity index is 1010. The summed E-state index contributed by atoms with van der Waals surface area (Å²) < 4.78 is 46.5. The second-order valence-corrected chi connectivity index (χ2v) is 7.55. The molecular weight excluding hydrogens is 415 g/mol. The second-order valence-electron chi connectivity index (χ2n) is 6.55. The van der Waals surface area contributed by atoms with E-state index < -0.39 is 17.5 Å². The number of rotatable bonds is 9. The molecule has 0 atom stereocenters. The smallest absolute Gasteiger partial charge is 0.266 e. The number of halogens is 3. The molecule has 0 bridgehead atoms. The molecule has 30 heavy (non-hydrogen) atoms. The van der Waals surface area contributed by atoms with Crippen LogP contribution in [0.15, 0.2) is 36.4 Å². The third-order valence-electron chi connectivity index (χ3n) is 4.64. The quantitative estimate of drug-likeness (QED) is 0.496. The molecule has 160 valence electrons. The van der Waals surface area contributed by atoms with E-state index in [0.717, 1.165) is 30.5 Å². The van der Waals surface area contributed by atoms with Crippen molar-refractivity contribution in [1.29, 1.82) is 0 Å². The number of nitrogens with zero attached hydrogens (tertiary/aromatic N) is 3. The number of fused-ring (bicyclic) bond motifs is 1. The van der Waals surface area contributed by atoms with Gasteiger partial charge in [0, 0.05) is 19.2 Å². The Hall–Kier alpha value is -2.65. The highest BCUT2D eigenvalue weighted by molar-refractivity contribution is 7.22. The van der Waals surface area contributed by atoms with Crippen molar-refractivity contribution >= 4 is 32.6 Å². The Balaban J connectivity index is 1.82. The summed E-state index contributed by atoms with van der Waals surface area (Å²) in [5.74, 6) is -1.90. The molecule has 9 heteroatoms. The fourth-order valence-corrected chi connectivity index (χ4v) is 3.97. The molecule has 0 unspecified atom stereocenters. The van der Waals surface area contributed by atoms with Gasteiger partial charge >= 0.3 is 0 Å². The number of carbonyl (C=O) groups is 1. The molecule has 3 aromatic rings. The Labute approximate surface area is 176 Å². The van der Waals surface area contributed by atoms with Gasteiger partial charge in [-0.1, -0.05) is 25.2 Å². The minimum absolute atomic E-state index is 0.0245. The summed E-state index contributed by atoms with van der Waals surface area (Å²) in [6, 6.07) is 7.30. The maximum atomic E-state index is 14.1. The van der Waals surface area contributed by atoms with E-state index in [1.807, 2.05) is 13.8 Å². The van der Waals surface area contributed by atoms with Crippen LogP contribution in [0.4, 0.5) is 18.3 Å².